The van der Waals surface area contributed by atoms with Gasteiger partial charge in [-0.15, -0.1) is 0 Å². The second kappa shape index (κ2) is 14.4. The van der Waals surface area contributed by atoms with Crippen molar-refractivity contribution in [3.63, 3.8) is 0 Å². The van der Waals surface area contributed by atoms with E-state index in [2.05, 4.69) is 10.6 Å². The summed E-state index contributed by atoms with van der Waals surface area (Å²) in [5.41, 5.74) is -4.17. The number of fused-ring (bicyclic) bond motifs is 5. The molecule has 4 rings (SSSR count). The second-order valence-corrected chi connectivity index (χ2v) is 15.3. The SMILES string of the molecule is CC[C@@H]1OC(=O)[C@]2(C)CCC(=O)CO[C@@](C)(C[C@H](C)CN[C@@H](C)[C@H]3NC(=O)O[C@@]13C)[C@@H](OC1OC(C)CC(N(C)C)C1O)[C@@H](C)C2=O. The number of nitrogens with zero attached hydrogens (tertiary/aromatic N) is 1. The van der Waals surface area contributed by atoms with Crippen molar-refractivity contribution in [1.29, 1.82) is 0 Å². The Labute approximate surface area is 279 Å². The van der Waals surface area contributed by atoms with Gasteiger partial charge in [-0.25, -0.2) is 4.79 Å². The van der Waals surface area contributed by atoms with Crippen molar-refractivity contribution in [3.8, 4) is 0 Å². The Morgan fingerprint density at radius 1 is 1.06 bits per heavy atom. The number of aliphatic hydroxyl groups excluding tert-OH is 1. The molecule has 0 aromatic heterocycles. The van der Waals surface area contributed by atoms with Crippen LogP contribution in [0.15, 0.2) is 0 Å². The molecular weight excluding hydrogens is 610 g/mol. The van der Waals surface area contributed by atoms with Crippen LogP contribution < -0.4 is 10.6 Å². The zero-order valence-electron chi connectivity index (χ0n) is 29.8. The van der Waals surface area contributed by atoms with Gasteiger partial charge in [0.1, 0.15) is 24.2 Å². The number of ketones is 2. The van der Waals surface area contributed by atoms with Crippen LogP contribution in [-0.2, 0) is 38.1 Å². The fourth-order valence-corrected chi connectivity index (χ4v) is 8.10. The summed E-state index contributed by atoms with van der Waals surface area (Å²) in [4.78, 5) is 56.8. The van der Waals surface area contributed by atoms with Gasteiger partial charge in [0, 0.05) is 24.4 Å². The quantitative estimate of drug-likeness (QED) is 0.297. The molecule has 4 aliphatic heterocycles. The number of nitrogens with one attached hydrogen (secondary N) is 2. The first-order chi connectivity index (χ1) is 21.9. The van der Waals surface area contributed by atoms with Crippen LogP contribution in [0.5, 0.6) is 0 Å². The number of aliphatic hydroxyl groups is 1. The topological polar surface area (TPSA) is 162 Å². The molecule has 0 aromatic carbocycles. The van der Waals surface area contributed by atoms with Crippen LogP contribution in [0.1, 0.15) is 87.5 Å². The first-order valence-corrected chi connectivity index (χ1v) is 17.2. The van der Waals surface area contributed by atoms with Gasteiger partial charge in [0.2, 0.25) is 0 Å². The third-order valence-corrected chi connectivity index (χ3v) is 11.0. The Morgan fingerprint density at radius 3 is 2.38 bits per heavy atom. The lowest BCUT2D eigenvalue weighted by Crippen LogP contribution is -2.60. The monoisotopic (exact) mass is 667 g/mol. The molecule has 0 aromatic rings. The molecule has 1 amide bonds. The third kappa shape index (κ3) is 7.55. The number of carbonyl (C=O) groups is 4. The molecule has 4 unspecified atom stereocenters. The lowest BCUT2D eigenvalue weighted by Gasteiger charge is -2.48. The number of alkyl carbamates (subject to hydrolysis) is 1. The van der Waals surface area contributed by atoms with Crippen LogP contribution in [0.3, 0.4) is 0 Å². The number of hydrogen-bond acceptors (Lipinski definition) is 12. The van der Waals surface area contributed by atoms with Crippen LogP contribution in [0.4, 0.5) is 4.79 Å². The van der Waals surface area contributed by atoms with Crippen LogP contribution in [-0.4, -0.2) is 121 Å². The smallest absolute Gasteiger partial charge is 0.408 e. The molecule has 47 heavy (non-hydrogen) atoms. The summed E-state index contributed by atoms with van der Waals surface area (Å²) in [6.45, 7) is 14.7. The number of hydrogen-bond donors (Lipinski definition) is 3. The van der Waals surface area contributed by atoms with Crippen LogP contribution in [0.25, 0.3) is 0 Å². The molecule has 0 aliphatic carbocycles. The summed E-state index contributed by atoms with van der Waals surface area (Å²) in [6.07, 6.45) is -3.76. The molecule has 13 nitrogen and oxygen atoms in total. The van der Waals surface area contributed by atoms with E-state index in [9.17, 15) is 24.3 Å². The minimum absolute atomic E-state index is 0.0693. The van der Waals surface area contributed by atoms with E-state index in [-0.39, 0.29) is 49.3 Å². The van der Waals surface area contributed by atoms with Crippen molar-refractivity contribution in [2.45, 2.75) is 148 Å². The number of carbonyl (C=O) groups excluding carboxylic acids is 4. The van der Waals surface area contributed by atoms with Crippen molar-refractivity contribution in [2.24, 2.45) is 17.3 Å². The summed E-state index contributed by atoms with van der Waals surface area (Å²) in [7, 11) is 3.76. The number of Topliss-reactive ketones (excluding diaryl/α,β-unsaturated/α-hetero) is 2. The van der Waals surface area contributed by atoms with Crippen molar-refractivity contribution >= 4 is 23.6 Å². The van der Waals surface area contributed by atoms with Gasteiger partial charge >= 0.3 is 12.1 Å². The van der Waals surface area contributed by atoms with Crippen molar-refractivity contribution in [2.75, 3.05) is 27.2 Å². The fourth-order valence-electron chi connectivity index (χ4n) is 8.10. The first-order valence-electron chi connectivity index (χ1n) is 17.2. The Hall–Kier alpha value is -2.16. The molecule has 0 radical (unpaired) electrons. The lowest BCUT2D eigenvalue weighted by molar-refractivity contribution is -0.297. The van der Waals surface area contributed by atoms with E-state index < -0.39 is 71.0 Å². The van der Waals surface area contributed by atoms with E-state index in [0.717, 1.165) is 0 Å². The van der Waals surface area contributed by atoms with Gasteiger partial charge in [-0.3, -0.25) is 14.4 Å². The molecule has 268 valence electrons. The number of amides is 1. The maximum Gasteiger partial charge on any atom is 0.408 e. The van der Waals surface area contributed by atoms with Crippen LogP contribution in [0.2, 0.25) is 0 Å². The normalized spacial score (nSPS) is 45.9. The van der Waals surface area contributed by atoms with E-state index in [1.165, 1.54) is 6.92 Å². The Balaban J connectivity index is 1.83. The van der Waals surface area contributed by atoms with Crippen LogP contribution in [0, 0.1) is 17.3 Å². The minimum atomic E-state index is -1.73. The van der Waals surface area contributed by atoms with Gasteiger partial charge in [0.05, 0.1) is 23.9 Å². The van der Waals surface area contributed by atoms with Gasteiger partial charge in [0.15, 0.2) is 23.5 Å². The third-order valence-electron chi connectivity index (χ3n) is 11.0. The van der Waals surface area contributed by atoms with Gasteiger partial charge in [-0.2, -0.15) is 0 Å². The molecule has 2 bridgehead atoms. The Bertz CT molecular complexity index is 1180. The number of rotatable bonds is 4. The molecular formula is C34H57N3O10. The van der Waals surface area contributed by atoms with Gasteiger partial charge in [-0.1, -0.05) is 20.8 Å². The Kier molecular flexibility index (Phi) is 11.5. The number of ether oxygens (including phenoxy) is 5. The fraction of sp³-hybridized carbons (Fsp3) is 0.882. The minimum Gasteiger partial charge on any atom is -0.457 e. The maximum absolute atomic E-state index is 14.7. The summed E-state index contributed by atoms with van der Waals surface area (Å²) in [5, 5.41) is 17.8. The molecule has 4 aliphatic rings. The second-order valence-electron chi connectivity index (χ2n) is 15.3. The van der Waals surface area contributed by atoms with Crippen molar-refractivity contribution in [3.05, 3.63) is 0 Å². The molecule has 4 heterocycles. The highest BCUT2D eigenvalue weighted by Crippen LogP contribution is 2.42. The predicted octanol–water partition coefficient (Wildman–Crippen LogP) is 2.35. The lowest BCUT2D eigenvalue weighted by atomic mass is 9.70. The van der Waals surface area contributed by atoms with Crippen molar-refractivity contribution < 1.29 is 48.0 Å². The summed E-state index contributed by atoms with van der Waals surface area (Å²) in [5.74, 6) is -2.52. The summed E-state index contributed by atoms with van der Waals surface area (Å²) in [6, 6.07) is -1.09. The number of cyclic esters (lactones) is 1. The van der Waals surface area contributed by atoms with Gasteiger partial charge in [0.25, 0.3) is 0 Å². The highest BCUT2D eigenvalue weighted by molar-refractivity contribution is 6.05. The molecule has 13 heteroatoms. The van der Waals surface area contributed by atoms with Gasteiger partial charge in [-0.05, 0) is 86.9 Å². The first kappa shape index (κ1) is 37.7. The van der Waals surface area contributed by atoms with E-state index in [1.807, 2.05) is 53.6 Å². The van der Waals surface area contributed by atoms with Crippen molar-refractivity contribution in [1.82, 2.24) is 15.5 Å². The van der Waals surface area contributed by atoms with E-state index >= 15 is 0 Å². The molecule has 13 atom stereocenters. The average molecular weight is 668 g/mol. The van der Waals surface area contributed by atoms with Gasteiger partial charge < -0.3 is 44.3 Å². The maximum atomic E-state index is 14.7. The highest BCUT2D eigenvalue weighted by Gasteiger charge is 2.58. The van der Waals surface area contributed by atoms with E-state index in [0.29, 0.717) is 25.8 Å². The Morgan fingerprint density at radius 2 is 1.74 bits per heavy atom. The summed E-state index contributed by atoms with van der Waals surface area (Å²) < 4.78 is 31.2. The number of likely N-dealkylation sites (N-methyl/N-ethyl adjacent to an activating group) is 1. The molecule has 3 N–H and O–H groups in total. The molecule has 0 spiro atoms. The molecule has 0 saturated carbocycles. The average Bonchev–Trinajstić information content (AvgIpc) is 3.32. The highest BCUT2D eigenvalue weighted by atomic mass is 16.7. The molecule has 4 saturated heterocycles. The van der Waals surface area contributed by atoms with E-state index in [4.69, 9.17) is 23.7 Å². The van der Waals surface area contributed by atoms with Crippen LogP contribution >= 0.6 is 0 Å². The molecule has 4 fully saturated rings. The predicted molar refractivity (Wildman–Crippen MR) is 171 cm³/mol. The number of esters is 1. The standard InChI is InChI=1S/C34H57N3O10/c1-11-24-34(8)26(36-31(42)47-34)21(5)35-16-18(2)15-33(7)28(46-29-25(39)23(37(9)10)14-19(3)44-29)20(4)27(40)32(6,30(41)45-24)13-12-22(38)17-43-33/h18-21,23-26,28-29,35,39H,11-17H2,1-10H3,(H,36,42)/t18-,19?,20-,21-,23?,24-,25?,26+,28-,29?,32+,33-,34-/m0/s1. The summed E-state index contributed by atoms with van der Waals surface area (Å²) >= 11 is 0. The zero-order chi connectivity index (χ0) is 35.1. The zero-order valence-corrected chi connectivity index (χ0v) is 29.8. The largest absolute Gasteiger partial charge is 0.457 e. The van der Waals surface area contributed by atoms with E-state index in [1.54, 1.807) is 13.8 Å².